The van der Waals surface area contributed by atoms with Crippen LogP contribution in [0.2, 0.25) is 0 Å². The quantitative estimate of drug-likeness (QED) is 0.806. The Kier molecular flexibility index (Phi) is 2.96. The van der Waals surface area contributed by atoms with Gasteiger partial charge in [0.25, 0.3) is 0 Å². The van der Waals surface area contributed by atoms with E-state index < -0.39 is 0 Å². The van der Waals surface area contributed by atoms with Crippen LogP contribution >= 0.6 is 11.3 Å². The van der Waals surface area contributed by atoms with Gasteiger partial charge in [-0.15, -0.1) is 11.3 Å². The molecule has 0 amide bonds. The number of hydrogen-bond donors (Lipinski definition) is 2. The maximum absolute atomic E-state index is 4.28. The van der Waals surface area contributed by atoms with E-state index in [1.165, 1.54) is 4.88 Å². The van der Waals surface area contributed by atoms with E-state index in [0.717, 1.165) is 12.4 Å². The summed E-state index contributed by atoms with van der Waals surface area (Å²) in [5, 5.41) is 5.49. The molecular formula is C10H13N3S. The Labute approximate surface area is 87.2 Å². The normalized spacial score (nSPS) is 12.9. The van der Waals surface area contributed by atoms with Gasteiger partial charge in [-0.25, -0.2) is 4.98 Å². The van der Waals surface area contributed by atoms with E-state index in [1.807, 2.05) is 6.20 Å². The van der Waals surface area contributed by atoms with Crippen LogP contribution in [0, 0.1) is 0 Å². The molecule has 14 heavy (non-hydrogen) atoms. The van der Waals surface area contributed by atoms with Crippen LogP contribution in [-0.2, 0) is 0 Å². The van der Waals surface area contributed by atoms with E-state index in [1.54, 1.807) is 17.5 Å². The summed E-state index contributed by atoms with van der Waals surface area (Å²) in [6, 6.07) is 4.39. The number of hydrogen-bond acceptors (Lipinski definition) is 3. The molecule has 3 nitrogen and oxygen atoms in total. The van der Waals surface area contributed by atoms with Crippen molar-refractivity contribution in [2.75, 3.05) is 6.54 Å². The molecule has 2 rings (SSSR count). The number of thiophene rings is 1. The molecule has 0 aromatic carbocycles. The minimum Gasteiger partial charge on any atom is -0.347 e. The van der Waals surface area contributed by atoms with Gasteiger partial charge in [-0.05, 0) is 18.0 Å². The summed E-state index contributed by atoms with van der Waals surface area (Å²) in [7, 11) is 0. The zero-order chi connectivity index (χ0) is 9.80. The molecule has 4 heteroatoms. The van der Waals surface area contributed by atoms with Crippen LogP contribution in [0.25, 0.3) is 0 Å². The van der Waals surface area contributed by atoms with E-state index in [0.29, 0.717) is 0 Å². The summed E-state index contributed by atoms with van der Waals surface area (Å²) in [4.78, 5) is 8.72. The van der Waals surface area contributed by atoms with E-state index in [9.17, 15) is 0 Å². The molecule has 0 fully saturated rings. The van der Waals surface area contributed by atoms with Crippen LogP contribution in [0.1, 0.15) is 23.7 Å². The van der Waals surface area contributed by atoms with Gasteiger partial charge < -0.3 is 10.3 Å². The molecule has 1 unspecified atom stereocenters. The second kappa shape index (κ2) is 4.39. The first-order chi connectivity index (χ1) is 6.92. The van der Waals surface area contributed by atoms with Crippen molar-refractivity contribution in [1.29, 1.82) is 0 Å². The van der Waals surface area contributed by atoms with Gasteiger partial charge >= 0.3 is 0 Å². The van der Waals surface area contributed by atoms with Gasteiger partial charge in [-0.2, -0.15) is 0 Å². The third-order valence-corrected chi connectivity index (χ3v) is 2.97. The van der Waals surface area contributed by atoms with Gasteiger partial charge in [0.15, 0.2) is 0 Å². The van der Waals surface area contributed by atoms with Crippen molar-refractivity contribution in [3.8, 4) is 0 Å². The maximum Gasteiger partial charge on any atom is 0.128 e. The lowest BCUT2D eigenvalue weighted by atomic mass is 10.2. The van der Waals surface area contributed by atoms with Gasteiger partial charge in [0.05, 0.1) is 0 Å². The molecule has 0 radical (unpaired) electrons. The average Bonchev–Trinajstić information content (AvgIpc) is 2.87. The Balaban J connectivity index is 2.25. The molecule has 74 valence electrons. The molecular weight excluding hydrogens is 194 g/mol. The van der Waals surface area contributed by atoms with E-state index in [2.05, 4.69) is 39.7 Å². The first kappa shape index (κ1) is 9.43. The molecule has 2 aromatic heterocycles. The monoisotopic (exact) mass is 207 g/mol. The summed E-state index contributed by atoms with van der Waals surface area (Å²) in [5.74, 6) is 0.981. The van der Waals surface area contributed by atoms with Crippen LogP contribution in [0.15, 0.2) is 29.9 Å². The summed E-state index contributed by atoms with van der Waals surface area (Å²) >= 11 is 1.75. The zero-order valence-corrected chi connectivity index (χ0v) is 8.84. The molecule has 1 atom stereocenters. The van der Waals surface area contributed by atoms with Gasteiger partial charge in [0.1, 0.15) is 11.9 Å². The minimum absolute atomic E-state index is 0.204. The van der Waals surface area contributed by atoms with Crippen LogP contribution in [0.5, 0.6) is 0 Å². The van der Waals surface area contributed by atoms with Gasteiger partial charge in [0.2, 0.25) is 0 Å². The van der Waals surface area contributed by atoms with Crippen LogP contribution in [0.4, 0.5) is 0 Å². The lowest BCUT2D eigenvalue weighted by molar-refractivity contribution is 0.612. The summed E-state index contributed by atoms with van der Waals surface area (Å²) < 4.78 is 0. The maximum atomic E-state index is 4.28. The Morgan fingerprint density at radius 1 is 1.64 bits per heavy atom. The lowest BCUT2D eigenvalue weighted by Crippen LogP contribution is -2.22. The van der Waals surface area contributed by atoms with Crippen molar-refractivity contribution >= 4 is 11.3 Å². The SMILES string of the molecule is CCNC(c1ncc[nH]1)c1cccs1. The smallest absolute Gasteiger partial charge is 0.128 e. The number of H-pyrrole nitrogens is 1. The Hall–Kier alpha value is -1.13. The van der Waals surface area contributed by atoms with Crippen molar-refractivity contribution in [2.24, 2.45) is 0 Å². The molecule has 0 aliphatic carbocycles. The molecule has 0 saturated carbocycles. The van der Waals surface area contributed by atoms with Crippen LogP contribution in [-0.4, -0.2) is 16.5 Å². The third-order valence-electron chi connectivity index (χ3n) is 2.03. The predicted molar refractivity (Wildman–Crippen MR) is 58.4 cm³/mol. The topological polar surface area (TPSA) is 40.7 Å². The third kappa shape index (κ3) is 1.86. The van der Waals surface area contributed by atoms with E-state index in [-0.39, 0.29) is 6.04 Å². The fraction of sp³-hybridized carbons (Fsp3) is 0.300. The second-order valence-electron chi connectivity index (χ2n) is 2.98. The first-order valence-electron chi connectivity index (χ1n) is 4.68. The lowest BCUT2D eigenvalue weighted by Gasteiger charge is -2.13. The number of nitrogens with one attached hydrogen (secondary N) is 2. The zero-order valence-electron chi connectivity index (χ0n) is 8.03. The Morgan fingerprint density at radius 2 is 2.57 bits per heavy atom. The highest BCUT2D eigenvalue weighted by atomic mass is 32.1. The van der Waals surface area contributed by atoms with E-state index in [4.69, 9.17) is 0 Å². The highest BCUT2D eigenvalue weighted by Gasteiger charge is 2.15. The van der Waals surface area contributed by atoms with Crippen LogP contribution < -0.4 is 5.32 Å². The Bertz CT molecular complexity index is 318. The highest BCUT2D eigenvalue weighted by Crippen LogP contribution is 2.23. The number of rotatable bonds is 4. The molecule has 2 heterocycles. The summed E-state index contributed by atoms with van der Waals surface area (Å²) in [5.41, 5.74) is 0. The van der Waals surface area contributed by atoms with Gasteiger partial charge in [0, 0.05) is 17.3 Å². The molecule has 0 bridgehead atoms. The predicted octanol–water partition coefficient (Wildman–Crippen LogP) is 2.17. The average molecular weight is 207 g/mol. The van der Waals surface area contributed by atoms with Crippen molar-refractivity contribution in [2.45, 2.75) is 13.0 Å². The van der Waals surface area contributed by atoms with E-state index >= 15 is 0 Å². The fourth-order valence-corrected chi connectivity index (χ4v) is 2.23. The standard InChI is InChI=1S/C10H13N3S/c1-2-11-9(8-4-3-7-14-8)10-12-5-6-13-10/h3-7,9,11H,2H2,1H3,(H,12,13). The number of aromatic amines is 1. The molecule has 0 aliphatic rings. The summed E-state index contributed by atoms with van der Waals surface area (Å²) in [6.45, 7) is 3.03. The first-order valence-corrected chi connectivity index (χ1v) is 5.56. The van der Waals surface area contributed by atoms with Gasteiger partial charge in [-0.3, -0.25) is 0 Å². The van der Waals surface area contributed by atoms with Crippen molar-refractivity contribution in [3.05, 3.63) is 40.6 Å². The molecule has 2 aromatic rings. The molecule has 0 saturated heterocycles. The highest BCUT2D eigenvalue weighted by molar-refractivity contribution is 7.10. The summed E-state index contributed by atoms with van der Waals surface area (Å²) in [6.07, 6.45) is 3.64. The molecule has 2 N–H and O–H groups in total. The number of imidazole rings is 1. The number of nitrogens with zero attached hydrogens (tertiary/aromatic N) is 1. The van der Waals surface area contributed by atoms with Crippen molar-refractivity contribution < 1.29 is 0 Å². The second-order valence-corrected chi connectivity index (χ2v) is 3.96. The van der Waals surface area contributed by atoms with Crippen molar-refractivity contribution in [1.82, 2.24) is 15.3 Å². The fourth-order valence-electron chi connectivity index (χ4n) is 1.43. The molecule has 0 aliphatic heterocycles. The van der Waals surface area contributed by atoms with Crippen molar-refractivity contribution in [3.63, 3.8) is 0 Å². The van der Waals surface area contributed by atoms with Crippen LogP contribution in [0.3, 0.4) is 0 Å². The van der Waals surface area contributed by atoms with Gasteiger partial charge in [-0.1, -0.05) is 13.0 Å². The minimum atomic E-state index is 0.204. The largest absolute Gasteiger partial charge is 0.347 e. The Morgan fingerprint density at radius 3 is 3.14 bits per heavy atom. The molecule has 0 spiro atoms. The number of aromatic nitrogens is 2.